The molecule has 2 aromatic carbocycles. The van der Waals surface area contributed by atoms with Gasteiger partial charge in [0.25, 0.3) is 5.91 Å². The maximum absolute atomic E-state index is 13.9. The zero-order valence-electron chi connectivity index (χ0n) is 13.8. The van der Waals surface area contributed by atoms with Crippen molar-refractivity contribution in [2.24, 2.45) is 0 Å². The summed E-state index contributed by atoms with van der Waals surface area (Å²) in [5, 5.41) is 2.81. The SMILES string of the molecule is CNC(=O)CN1c2ccccc2C(=O)N(C)C1c1cc(F)cc(Cl)c1. The highest BCUT2D eigenvalue weighted by molar-refractivity contribution is 6.30. The molecule has 0 radical (unpaired) electrons. The van der Waals surface area contributed by atoms with Crippen molar-refractivity contribution >= 4 is 29.1 Å². The Labute approximate surface area is 150 Å². The molecule has 130 valence electrons. The quantitative estimate of drug-likeness (QED) is 0.914. The van der Waals surface area contributed by atoms with E-state index in [4.69, 9.17) is 11.6 Å². The molecule has 5 nitrogen and oxygen atoms in total. The largest absolute Gasteiger partial charge is 0.358 e. The minimum atomic E-state index is -0.645. The molecule has 0 fully saturated rings. The molecule has 2 amide bonds. The molecule has 2 aromatic rings. The highest BCUT2D eigenvalue weighted by Gasteiger charge is 2.37. The number of halogens is 2. The van der Waals surface area contributed by atoms with Gasteiger partial charge in [-0.3, -0.25) is 9.59 Å². The molecule has 1 unspecified atom stereocenters. The maximum Gasteiger partial charge on any atom is 0.257 e. The zero-order chi connectivity index (χ0) is 18.1. The van der Waals surface area contributed by atoms with Crippen molar-refractivity contribution in [3.63, 3.8) is 0 Å². The molecule has 1 aliphatic rings. The average molecular weight is 362 g/mol. The predicted molar refractivity (Wildman–Crippen MR) is 94.1 cm³/mol. The lowest BCUT2D eigenvalue weighted by Crippen LogP contribution is -2.50. The summed E-state index contributed by atoms with van der Waals surface area (Å²) in [6.07, 6.45) is -0.645. The molecule has 1 atom stereocenters. The van der Waals surface area contributed by atoms with E-state index in [9.17, 15) is 14.0 Å². The lowest BCUT2D eigenvalue weighted by atomic mass is 10.0. The zero-order valence-corrected chi connectivity index (χ0v) is 14.5. The second kappa shape index (κ2) is 6.72. The smallest absolute Gasteiger partial charge is 0.257 e. The molecular weight excluding hydrogens is 345 g/mol. The number of para-hydroxylation sites is 1. The van der Waals surface area contributed by atoms with Gasteiger partial charge < -0.3 is 15.1 Å². The Kier molecular flexibility index (Phi) is 4.63. The fraction of sp³-hybridized carbons (Fsp3) is 0.222. The highest BCUT2D eigenvalue weighted by atomic mass is 35.5. The van der Waals surface area contributed by atoms with Crippen LogP contribution in [0, 0.1) is 5.82 Å². The number of carbonyl (C=O) groups excluding carboxylic acids is 2. The first-order chi connectivity index (χ1) is 11.9. The maximum atomic E-state index is 13.9. The third-order valence-electron chi connectivity index (χ3n) is 4.20. The number of anilines is 1. The summed E-state index contributed by atoms with van der Waals surface area (Å²) in [6, 6.07) is 11.2. The average Bonchev–Trinajstić information content (AvgIpc) is 2.58. The van der Waals surface area contributed by atoms with E-state index in [0.29, 0.717) is 16.8 Å². The molecule has 1 N–H and O–H groups in total. The fourth-order valence-corrected chi connectivity index (χ4v) is 3.31. The molecule has 3 rings (SSSR count). The Morgan fingerprint density at radius 3 is 2.68 bits per heavy atom. The van der Waals surface area contributed by atoms with Gasteiger partial charge >= 0.3 is 0 Å². The monoisotopic (exact) mass is 361 g/mol. The Balaban J connectivity index is 2.16. The fourth-order valence-electron chi connectivity index (χ4n) is 3.08. The molecule has 0 spiro atoms. The van der Waals surface area contributed by atoms with Crippen molar-refractivity contribution in [1.82, 2.24) is 10.2 Å². The van der Waals surface area contributed by atoms with Crippen molar-refractivity contribution in [2.75, 3.05) is 25.5 Å². The van der Waals surface area contributed by atoms with Crippen LogP contribution in [0.15, 0.2) is 42.5 Å². The van der Waals surface area contributed by atoms with Gasteiger partial charge in [0.2, 0.25) is 5.91 Å². The Bertz CT molecular complexity index is 823. The number of carbonyl (C=O) groups is 2. The first kappa shape index (κ1) is 17.2. The van der Waals surface area contributed by atoms with Gasteiger partial charge in [0.1, 0.15) is 12.0 Å². The molecule has 0 saturated heterocycles. The van der Waals surface area contributed by atoms with E-state index < -0.39 is 12.0 Å². The van der Waals surface area contributed by atoms with Crippen LogP contribution < -0.4 is 10.2 Å². The Hall–Kier alpha value is -2.60. The minimum Gasteiger partial charge on any atom is -0.358 e. The van der Waals surface area contributed by atoms with Crippen LogP contribution in [-0.2, 0) is 4.79 Å². The second-order valence-electron chi connectivity index (χ2n) is 5.81. The van der Waals surface area contributed by atoms with E-state index in [1.165, 1.54) is 17.0 Å². The number of fused-ring (bicyclic) bond motifs is 1. The summed E-state index contributed by atoms with van der Waals surface area (Å²) in [5.74, 6) is -0.915. The van der Waals surface area contributed by atoms with E-state index in [2.05, 4.69) is 5.32 Å². The van der Waals surface area contributed by atoms with Crippen molar-refractivity contribution in [3.8, 4) is 0 Å². The summed E-state index contributed by atoms with van der Waals surface area (Å²) < 4.78 is 13.9. The van der Waals surface area contributed by atoms with Gasteiger partial charge in [-0.05, 0) is 35.9 Å². The van der Waals surface area contributed by atoms with Gasteiger partial charge in [-0.15, -0.1) is 0 Å². The number of amides is 2. The summed E-state index contributed by atoms with van der Waals surface area (Å²) in [4.78, 5) is 28.0. The Morgan fingerprint density at radius 1 is 1.28 bits per heavy atom. The first-order valence-corrected chi connectivity index (χ1v) is 8.09. The van der Waals surface area contributed by atoms with E-state index in [1.807, 2.05) is 0 Å². The third kappa shape index (κ3) is 3.17. The van der Waals surface area contributed by atoms with Crippen LogP contribution in [0.25, 0.3) is 0 Å². The van der Waals surface area contributed by atoms with Crippen LogP contribution in [0.3, 0.4) is 0 Å². The molecule has 0 aromatic heterocycles. The number of likely N-dealkylation sites (N-methyl/N-ethyl adjacent to an activating group) is 1. The first-order valence-electron chi connectivity index (χ1n) is 7.71. The number of hydrogen-bond acceptors (Lipinski definition) is 3. The summed E-state index contributed by atoms with van der Waals surface area (Å²) in [7, 11) is 3.17. The lowest BCUT2D eigenvalue weighted by molar-refractivity contribution is -0.119. The van der Waals surface area contributed by atoms with Crippen LogP contribution in [0.4, 0.5) is 10.1 Å². The van der Waals surface area contributed by atoms with Gasteiger partial charge in [-0.2, -0.15) is 0 Å². The molecule has 0 aliphatic carbocycles. The third-order valence-corrected chi connectivity index (χ3v) is 4.42. The van der Waals surface area contributed by atoms with E-state index in [-0.39, 0.29) is 23.4 Å². The van der Waals surface area contributed by atoms with Crippen molar-refractivity contribution in [3.05, 3.63) is 64.4 Å². The molecule has 7 heteroatoms. The van der Waals surface area contributed by atoms with Gasteiger partial charge in [-0.25, -0.2) is 4.39 Å². The van der Waals surface area contributed by atoms with E-state index in [0.717, 1.165) is 0 Å². The Morgan fingerprint density at radius 2 is 2.00 bits per heavy atom. The van der Waals surface area contributed by atoms with Crippen molar-refractivity contribution in [1.29, 1.82) is 0 Å². The van der Waals surface area contributed by atoms with Crippen LogP contribution in [0.2, 0.25) is 5.02 Å². The highest BCUT2D eigenvalue weighted by Crippen LogP contribution is 2.38. The van der Waals surface area contributed by atoms with Gasteiger partial charge in [0, 0.05) is 19.1 Å². The van der Waals surface area contributed by atoms with Gasteiger partial charge in [-0.1, -0.05) is 23.7 Å². The molecule has 1 aliphatic heterocycles. The lowest BCUT2D eigenvalue weighted by Gasteiger charge is -2.44. The van der Waals surface area contributed by atoms with E-state index >= 15 is 0 Å². The number of hydrogen-bond donors (Lipinski definition) is 1. The molecule has 25 heavy (non-hydrogen) atoms. The van der Waals surface area contributed by atoms with Crippen LogP contribution >= 0.6 is 11.6 Å². The topological polar surface area (TPSA) is 52.7 Å². The van der Waals surface area contributed by atoms with Crippen LogP contribution in [0.5, 0.6) is 0 Å². The standard InChI is InChI=1S/C18H17ClFN3O2/c1-21-16(24)10-23-15-6-4-3-5-14(15)18(25)22(2)17(23)11-7-12(19)9-13(20)8-11/h3-9,17H,10H2,1-2H3,(H,21,24). The normalized spacial score (nSPS) is 16.6. The number of rotatable bonds is 3. The minimum absolute atomic E-state index is 0.0178. The molecule has 0 saturated carbocycles. The van der Waals surface area contributed by atoms with Crippen LogP contribution in [-0.4, -0.2) is 37.4 Å². The van der Waals surface area contributed by atoms with Crippen LogP contribution in [0.1, 0.15) is 22.1 Å². The molecule has 1 heterocycles. The summed E-state index contributed by atoms with van der Waals surface area (Å²) in [5.41, 5.74) is 1.62. The summed E-state index contributed by atoms with van der Waals surface area (Å²) >= 11 is 5.99. The van der Waals surface area contributed by atoms with Gasteiger partial charge in [0.15, 0.2) is 0 Å². The van der Waals surface area contributed by atoms with Crippen molar-refractivity contribution < 1.29 is 14.0 Å². The number of benzene rings is 2. The number of nitrogens with zero attached hydrogens (tertiary/aromatic N) is 2. The van der Waals surface area contributed by atoms with Gasteiger partial charge in [0.05, 0.1) is 17.8 Å². The second-order valence-corrected chi connectivity index (χ2v) is 6.25. The van der Waals surface area contributed by atoms with E-state index in [1.54, 1.807) is 49.3 Å². The molecular formula is C18H17ClFN3O2. The van der Waals surface area contributed by atoms with Crippen molar-refractivity contribution in [2.45, 2.75) is 6.17 Å². The predicted octanol–water partition coefficient (Wildman–Crippen LogP) is 2.82. The summed E-state index contributed by atoms with van der Waals surface area (Å²) in [6.45, 7) is 0.0178. The molecule has 0 bridgehead atoms. The number of nitrogens with one attached hydrogen (secondary N) is 1.